The number of carbonyl (C=O) groups is 1. The lowest BCUT2D eigenvalue weighted by atomic mass is 9.88. The van der Waals surface area contributed by atoms with Crippen LogP contribution in [0.5, 0.6) is 0 Å². The van der Waals surface area contributed by atoms with Crippen LogP contribution in [0.3, 0.4) is 0 Å². The van der Waals surface area contributed by atoms with E-state index in [9.17, 15) is 4.79 Å². The summed E-state index contributed by atoms with van der Waals surface area (Å²) in [6, 6.07) is 10.3. The highest BCUT2D eigenvalue weighted by atomic mass is 16.1. The zero-order valence-electron chi connectivity index (χ0n) is 18.6. The molecule has 1 aromatic heterocycles. The SMILES string of the molecule is Cc1cc(C)n(Cc2cccc(C(=O)NC3CCN(CC4CCCCC4)CC3)c2)n1. The third kappa shape index (κ3) is 5.51. The van der Waals surface area contributed by atoms with Crippen molar-refractivity contribution in [2.45, 2.75) is 71.4 Å². The fourth-order valence-corrected chi connectivity index (χ4v) is 5.08. The van der Waals surface area contributed by atoms with E-state index in [1.165, 1.54) is 38.6 Å². The van der Waals surface area contributed by atoms with E-state index in [-0.39, 0.29) is 5.91 Å². The van der Waals surface area contributed by atoms with Crippen molar-refractivity contribution in [3.63, 3.8) is 0 Å². The van der Waals surface area contributed by atoms with E-state index < -0.39 is 0 Å². The van der Waals surface area contributed by atoms with Crippen molar-refractivity contribution in [3.05, 3.63) is 52.8 Å². The molecular formula is C25H36N4O. The lowest BCUT2D eigenvalue weighted by Gasteiger charge is -2.35. The largest absolute Gasteiger partial charge is 0.349 e. The van der Waals surface area contributed by atoms with Gasteiger partial charge >= 0.3 is 0 Å². The molecule has 1 amide bonds. The topological polar surface area (TPSA) is 50.2 Å². The Morgan fingerprint density at radius 2 is 1.83 bits per heavy atom. The normalized spacial score (nSPS) is 19.1. The molecule has 1 aromatic carbocycles. The molecule has 1 aliphatic heterocycles. The predicted octanol–water partition coefficient (Wildman–Crippen LogP) is 4.32. The number of benzene rings is 1. The summed E-state index contributed by atoms with van der Waals surface area (Å²) in [7, 11) is 0. The maximum Gasteiger partial charge on any atom is 0.251 e. The number of amides is 1. The van der Waals surface area contributed by atoms with Crippen LogP contribution in [0.15, 0.2) is 30.3 Å². The van der Waals surface area contributed by atoms with Gasteiger partial charge < -0.3 is 10.2 Å². The van der Waals surface area contributed by atoms with Crippen LogP contribution in [0.4, 0.5) is 0 Å². The van der Waals surface area contributed by atoms with Crippen LogP contribution in [0.1, 0.15) is 72.3 Å². The van der Waals surface area contributed by atoms with Gasteiger partial charge in [-0.25, -0.2) is 0 Å². The van der Waals surface area contributed by atoms with Crippen LogP contribution in [0, 0.1) is 19.8 Å². The maximum absolute atomic E-state index is 12.8. The molecule has 0 spiro atoms. The van der Waals surface area contributed by atoms with Crippen LogP contribution in [-0.4, -0.2) is 46.3 Å². The minimum atomic E-state index is 0.0518. The summed E-state index contributed by atoms with van der Waals surface area (Å²) in [5.41, 5.74) is 4.02. The van der Waals surface area contributed by atoms with Crippen LogP contribution in [-0.2, 0) is 6.54 Å². The first-order chi connectivity index (χ1) is 14.6. The van der Waals surface area contributed by atoms with Crippen LogP contribution in [0.2, 0.25) is 0 Å². The minimum absolute atomic E-state index is 0.0518. The predicted molar refractivity (Wildman–Crippen MR) is 121 cm³/mol. The van der Waals surface area contributed by atoms with Gasteiger partial charge in [-0.1, -0.05) is 31.4 Å². The van der Waals surface area contributed by atoms with Crippen LogP contribution < -0.4 is 5.32 Å². The zero-order valence-corrected chi connectivity index (χ0v) is 18.6. The molecule has 0 radical (unpaired) electrons. The first kappa shape index (κ1) is 21.1. The Bertz CT molecular complexity index is 845. The van der Waals surface area contributed by atoms with Crippen molar-refractivity contribution in [2.75, 3.05) is 19.6 Å². The molecule has 1 saturated carbocycles. The van der Waals surface area contributed by atoms with Crippen molar-refractivity contribution in [1.82, 2.24) is 20.0 Å². The second-order valence-electron chi connectivity index (χ2n) is 9.34. The van der Waals surface area contributed by atoms with Crippen molar-refractivity contribution in [1.29, 1.82) is 0 Å². The second kappa shape index (κ2) is 9.78. The number of aryl methyl sites for hydroxylation is 2. The van der Waals surface area contributed by atoms with Gasteiger partial charge in [-0.15, -0.1) is 0 Å². The van der Waals surface area contributed by atoms with E-state index >= 15 is 0 Å². The molecule has 2 heterocycles. The fourth-order valence-electron chi connectivity index (χ4n) is 5.08. The van der Waals surface area contributed by atoms with Crippen LogP contribution >= 0.6 is 0 Å². The van der Waals surface area contributed by atoms with Gasteiger partial charge in [0.15, 0.2) is 0 Å². The Hall–Kier alpha value is -2.14. The lowest BCUT2D eigenvalue weighted by molar-refractivity contribution is 0.0901. The first-order valence-corrected chi connectivity index (χ1v) is 11.7. The molecule has 1 saturated heterocycles. The summed E-state index contributed by atoms with van der Waals surface area (Å²) in [5.74, 6) is 0.950. The summed E-state index contributed by atoms with van der Waals surface area (Å²) < 4.78 is 1.99. The van der Waals surface area contributed by atoms with Crippen molar-refractivity contribution in [3.8, 4) is 0 Å². The smallest absolute Gasteiger partial charge is 0.251 e. The molecule has 1 N–H and O–H groups in total. The Balaban J connectivity index is 1.27. The number of nitrogens with zero attached hydrogens (tertiary/aromatic N) is 3. The summed E-state index contributed by atoms with van der Waals surface area (Å²) in [6.07, 6.45) is 9.18. The lowest BCUT2D eigenvalue weighted by Crippen LogP contribution is -2.46. The van der Waals surface area contributed by atoms with Gasteiger partial charge in [-0.2, -0.15) is 5.10 Å². The quantitative estimate of drug-likeness (QED) is 0.774. The molecule has 0 unspecified atom stereocenters. The molecule has 162 valence electrons. The van der Waals surface area contributed by atoms with Gasteiger partial charge in [-0.3, -0.25) is 9.48 Å². The molecule has 0 atom stereocenters. The molecule has 5 heteroatoms. The van der Waals surface area contributed by atoms with E-state index in [0.717, 1.165) is 54.4 Å². The van der Waals surface area contributed by atoms with Gasteiger partial charge in [0, 0.05) is 36.9 Å². The monoisotopic (exact) mass is 408 g/mol. The molecule has 5 nitrogen and oxygen atoms in total. The third-order valence-electron chi connectivity index (χ3n) is 6.79. The van der Waals surface area contributed by atoms with E-state index in [2.05, 4.69) is 34.4 Å². The first-order valence-electron chi connectivity index (χ1n) is 11.7. The highest BCUT2D eigenvalue weighted by Crippen LogP contribution is 2.25. The van der Waals surface area contributed by atoms with E-state index in [4.69, 9.17) is 0 Å². The number of rotatable bonds is 6. The number of hydrogen-bond donors (Lipinski definition) is 1. The molecule has 2 aliphatic rings. The number of piperidine rings is 1. The number of aromatic nitrogens is 2. The molecule has 30 heavy (non-hydrogen) atoms. The van der Waals surface area contributed by atoms with Crippen LogP contribution in [0.25, 0.3) is 0 Å². The summed E-state index contributed by atoms with van der Waals surface area (Å²) in [5, 5.41) is 7.81. The number of nitrogens with one attached hydrogen (secondary N) is 1. The summed E-state index contributed by atoms with van der Waals surface area (Å²) in [4.78, 5) is 15.5. The van der Waals surface area contributed by atoms with Crippen molar-refractivity contribution < 1.29 is 4.79 Å². The summed E-state index contributed by atoms with van der Waals surface area (Å²) in [6.45, 7) is 8.25. The average Bonchev–Trinajstić information content (AvgIpc) is 3.07. The molecular weight excluding hydrogens is 372 g/mol. The van der Waals surface area contributed by atoms with Crippen molar-refractivity contribution >= 4 is 5.91 Å². The van der Waals surface area contributed by atoms with Gasteiger partial charge in [0.2, 0.25) is 0 Å². The van der Waals surface area contributed by atoms with Crippen molar-refractivity contribution in [2.24, 2.45) is 5.92 Å². The highest BCUT2D eigenvalue weighted by Gasteiger charge is 2.24. The highest BCUT2D eigenvalue weighted by molar-refractivity contribution is 5.94. The zero-order chi connectivity index (χ0) is 20.9. The van der Waals surface area contributed by atoms with Gasteiger partial charge in [0.25, 0.3) is 5.91 Å². The Kier molecular flexibility index (Phi) is 6.88. The second-order valence-corrected chi connectivity index (χ2v) is 9.34. The number of hydrogen-bond acceptors (Lipinski definition) is 3. The Labute approximate surface area is 180 Å². The minimum Gasteiger partial charge on any atom is -0.349 e. The molecule has 4 rings (SSSR count). The molecule has 1 aliphatic carbocycles. The number of carbonyl (C=O) groups excluding carboxylic acids is 1. The number of likely N-dealkylation sites (tertiary alicyclic amines) is 1. The maximum atomic E-state index is 12.8. The van der Waals surface area contributed by atoms with E-state index in [1.54, 1.807) is 0 Å². The molecule has 2 aromatic rings. The molecule has 2 fully saturated rings. The molecule has 0 bridgehead atoms. The van der Waals surface area contributed by atoms with Gasteiger partial charge in [0.1, 0.15) is 0 Å². The third-order valence-corrected chi connectivity index (χ3v) is 6.79. The van der Waals surface area contributed by atoms with Gasteiger partial charge in [0.05, 0.1) is 12.2 Å². The summed E-state index contributed by atoms with van der Waals surface area (Å²) >= 11 is 0. The van der Waals surface area contributed by atoms with Gasteiger partial charge in [-0.05, 0) is 69.2 Å². The van der Waals surface area contributed by atoms with E-state index in [1.807, 2.05) is 29.8 Å². The van der Waals surface area contributed by atoms with E-state index in [0.29, 0.717) is 12.6 Å². The standard InChI is InChI=1S/C25H36N4O/c1-19-15-20(2)29(27-19)18-22-9-6-10-23(16-22)25(30)26-24-11-13-28(14-12-24)17-21-7-4-3-5-8-21/h6,9-10,15-16,21,24H,3-5,7-8,11-14,17-18H2,1-2H3,(H,26,30). The average molecular weight is 409 g/mol. The Morgan fingerprint density at radius 1 is 1.07 bits per heavy atom. The fraction of sp³-hybridized carbons (Fsp3) is 0.600. The Morgan fingerprint density at radius 3 is 2.53 bits per heavy atom.